The molecule has 72 valence electrons. The van der Waals surface area contributed by atoms with E-state index in [0.29, 0.717) is 6.54 Å². The second-order valence-electron chi connectivity index (χ2n) is 2.51. The first-order chi connectivity index (χ1) is 6.19. The second-order valence-corrected chi connectivity index (χ2v) is 2.51. The summed E-state index contributed by atoms with van der Waals surface area (Å²) in [7, 11) is 0. The normalized spacial score (nSPS) is 11.2. The highest BCUT2D eigenvalue weighted by atomic mass is 15.2. The smallest absolute Gasteiger partial charge is 0.0871 e. The maximum absolute atomic E-state index is 6.97. The van der Waals surface area contributed by atoms with Crippen molar-refractivity contribution in [1.29, 1.82) is 21.6 Å². The molecule has 0 saturated carbocycles. The third-order valence-electron chi connectivity index (χ3n) is 1.61. The summed E-state index contributed by atoms with van der Waals surface area (Å²) in [5, 5.41) is 27.8. The van der Waals surface area contributed by atoms with Gasteiger partial charge in [0.25, 0.3) is 0 Å². The van der Waals surface area contributed by atoms with Crippen molar-refractivity contribution >= 4 is 25.4 Å². The monoisotopic (exact) mass is 182 g/mol. The number of nitrogens with one attached hydrogen (secondary N) is 4. The Balaban J connectivity index is 4.16. The molecule has 0 rings (SSSR count). The molecular formula is C7H14N6. The molecule has 0 aliphatic heterocycles. The first-order valence-electron chi connectivity index (χ1n) is 3.75. The van der Waals surface area contributed by atoms with Gasteiger partial charge in [-0.05, 0) is 6.92 Å². The topological polar surface area (TPSA) is 102 Å². The Kier molecular flexibility index (Phi) is 5.09. The summed E-state index contributed by atoms with van der Waals surface area (Å²) >= 11 is 0. The second kappa shape index (κ2) is 5.87. The Morgan fingerprint density at radius 2 is 1.46 bits per heavy atom. The average Bonchev–Trinajstić information content (AvgIpc) is 2.16. The van der Waals surface area contributed by atoms with E-state index in [1.165, 1.54) is 9.80 Å². The molecule has 1 unspecified atom stereocenters. The minimum absolute atomic E-state index is 0.0989. The summed E-state index contributed by atoms with van der Waals surface area (Å²) in [6.45, 7) is 2.23. The molecule has 0 spiro atoms. The molecule has 1 atom stereocenters. The number of rotatable bonds is 7. The molecule has 13 heavy (non-hydrogen) atoms. The van der Waals surface area contributed by atoms with Crippen LogP contribution in [-0.2, 0) is 0 Å². The van der Waals surface area contributed by atoms with Crippen molar-refractivity contribution < 1.29 is 0 Å². The zero-order chi connectivity index (χ0) is 10.3. The van der Waals surface area contributed by atoms with Gasteiger partial charge in [-0.1, -0.05) is 0 Å². The highest BCUT2D eigenvalue weighted by Crippen LogP contribution is 1.94. The molecule has 0 amide bonds. The van der Waals surface area contributed by atoms with E-state index in [0.717, 1.165) is 25.4 Å². The molecule has 0 aromatic rings. The van der Waals surface area contributed by atoms with Gasteiger partial charge >= 0.3 is 0 Å². The molecule has 0 bridgehead atoms. The van der Waals surface area contributed by atoms with Crippen LogP contribution in [0.5, 0.6) is 0 Å². The van der Waals surface area contributed by atoms with Gasteiger partial charge in [0.15, 0.2) is 0 Å². The number of hydrogen-bond donors (Lipinski definition) is 4. The van der Waals surface area contributed by atoms with Crippen molar-refractivity contribution in [2.45, 2.75) is 13.0 Å². The lowest BCUT2D eigenvalue weighted by atomic mass is 10.3. The van der Waals surface area contributed by atoms with Gasteiger partial charge in [0.05, 0.1) is 31.4 Å². The third-order valence-corrected chi connectivity index (χ3v) is 1.61. The van der Waals surface area contributed by atoms with Gasteiger partial charge in [-0.15, -0.1) is 0 Å². The van der Waals surface area contributed by atoms with E-state index >= 15 is 0 Å². The van der Waals surface area contributed by atoms with Crippen LogP contribution in [0.25, 0.3) is 0 Å². The van der Waals surface area contributed by atoms with Crippen molar-refractivity contribution in [3.05, 3.63) is 0 Å². The molecule has 0 aromatic heterocycles. The van der Waals surface area contributed by atoms with E-state index in [1.807, 2.05) is 6.92 Å². The summed E-state index contributed by atoms with van der Waals surface area (Å²) in [5.41, 5.74) is 0. The van der Waals surface area contributed by atoms with Crippen LogP contribution in [0, 0.1) is 21.6 Å². The van der Waals surface area contributed by atoms with E-state index < -0.39 is 0 Å². The van der Waals surface area contributed by atoms with Crippen molar-refractivity contribution in [3.8, 4) is 0 Å². The Morgan fingerprint density at radius 1 is 1.00 bits per heavy atom. The number of hydrogen-bond acceptors (Lipinski definition) is 4. The maximum Gasteiger partial charge on any atom is 0.0871 e. The fraction of sp³-hybridized carbons (Fsp3) is 0.429. The predicted octanol–water partition coefficient (Wildman–Crippen LogP) is 0.407. The molecule has 0 radical (unpaired) electrons. The largest absolute Gasteiger partial charge is 0.322 e. The molecule has 0 saturated heterocycles. The zero-order valence-electron chi connectivity index (χ0n) is 7.49. The molecule has 0 fully saturated rings. The van der Waals surface area contributed by atoms with Crippen LogP contribution in [-0.4, -0.2) is 47.7 Å². The van der Waals surface area contributed by atoms with Gasteiger partial charge in [-0.2, -0.15) is 0 Å². The van der Waals surface area contributed by atoms with Crippen LogP contribution in [0.4, 0.5) is 0 Å². The molecular weight excluding hydrogens is 168 g/mol. The van der Waals surface area contributed by atoms with Crippen molar-refractivity contribution in [2.24, 2.45) is 0 Å². The lowest BCUT2D eigenvalue weighted by Crippen LogP contribution is -2.39. The van der Waals surface area contributed by atoms with E-state index in [4.69, 9.17) is 21.6 Å². The van der Waals surface area contributed by atoms with E-state index in [1.54, 1.807) is 0 Å². The third kappa shape index (κ3) is 3.46. The summed E-state index contributed by atoms with van der Waals surface area (Å²) in [4.78, 5) is 2.75. The lowest BCUT2D eigenvalue weighted by Gasteiger charge is -2.24. The maximum atomic E-state index is 6.97. The Labute approximate surface area is 77.2 Å². The summed E-state index contributed by atoms with van der Waals surface area (Å²) in [6.07, 6.45) is 4.17. The fourth-order valence-corrected chi connectivity index (χ4v) is 0.834. The lowest BCUT2D eigenvalue weighted by molar-refractivity contribution is 0.418. The van der Waals surface area contributed by atoms with Crippen LogP contribution in [0.2, 0.25) is 0 Å². The standard InChI is InChI=1S/C7H14N6/c1-7(13(5-10)6-11)2-12(3-8)4-9/h3-11H,2H2,1H3. The quantitative estimate of drug-likeness (QED) is 0.338. The van der Waals surface area contributed by atoms with E-state index in [2.05, 4.69) is 0 Å². The Bertz CT molecular complexity index is 185. The Hall–Kier alpha value is -1.72. The van der Waals surface area contributed by atoms with Gasteiger partial charge in [-0.3, -0.25) is 21.6 Å². The highest BCUT2D eigenvalue weighted by molar-refractivity contribution is 5.74. The molecule has 6 heteroatoms. The number of nitrogens with zero attached hydrogens (tertiary/aromatic N) is 2. The fourth-order valence-electron chi connectivity index (χ4n) is 0.834. The molecule has 0 aliphatic carbocycles. The van der Waals surface area contributed by atoms with Crippen molar-refractivity contribution in [1.82, 2.24) is 9.80 Å². The summed E-state index contributed by atoms with van der Waals surface area (Å²) in [6, 6.07) is -0.0989. The van der Waals surface area contributed by atoms with Crippen molar-refractivity contribution in [3.63, 3.8) is 0 Å². The first-order valence-corrected chi connectivity index (χ1v) is 3.75. The molecule has 0 aliphatic rings. The van der Waals surface area contributed by atoms with Crippen LogP contribution in [0.3, 0.4) is 0 Å². The van der Waals surface area contributed by atoms with Crippen molar-refractivity contribution in [2.75, 3.05) is 6.54 Å². The van der Waals surface area contributed by atoms with Gasteiger partial charge in [0.2, 0.25) is 0 Å². The van der Waals surface area contributed by atoms with E-state index in [9.17, 15) is 0 Å². The molecule has 6 nitrogen and oxygen atoms in total. The van der Waals surface area contributed by atoms with Crippen LogP contribution >= 0.6 is 0 Å². The van der Waals surface area contributed by atoms with Gasteiger partial charge in [0, 0.05) is 6.54 Å². The summed E-state index contributed by atoms with van der Waals surface area (Å²) in [5.74, 6) is 0. The first kappa shape index (κ1) is 11.3. The SMILES string of the molecule is CC(CN(C=N)C=N)N(C=N)C=N. The minimum atomic E-state index is -0.0989. The molecule has 4 N–H and O–H groups in total. The van der Waals surface area contributed by atoms with Crippen LogP contribution in [0.1, 0.15) is 6.92 Å². The van der Waals surface area contributed by atoms with Gasteiger partial charge in [-0.25, -0.2) is 0 Å². The predicted molar refractivity (Wildman–Crippen MR) is 53.1 cm³/mol. The van der Waals surface area contributed by atoms with Crippen LogP contribution in [0.15, 0.2) is 0 Å². The Morgan fingerprint density at radius 3 is 1.77 bits per heavy atom. The molecule has 0 heterocycles. The highest BCUT2D eigenvalue weighted by Gasteiger charge is 2.09. The average molecular weight is 182 g/mol. The summed E-state index contributed by atoms with van der Waals surface area (Å²) < 4.78 is 0. The minimum Gasteiger partial charge on any atom is -0.322 e. The van der Waals surface area contributed by atoms with Gasteiger partial charge < -0.3 is 9.80 Å². The molecule has 0 aromatic carbocycles. The van der Waals surface area contributed by atoms with Gasteiger partial charge in [0.1, 0.15) is 0 Å². The zero-order valence-corrected chi connectivity index (χ0v) is 7.49. The van der Waals surface area contributed by atoms with E-state index in [-0.39, 0.29) is 6.04 Å². The van der Waals surface area contributed by atoms with Crippen LogP contribution < -0.4 is 0 Å².